The van der Waals surface area contributed by atoms with Gasteiger partial charge in [-0.1, -0.05) is 19.8 Å². The van der Waals surface area contributed by atoms with Crippen molar-refractivity contribution in [1.82, 2.24) is 9.88 Å². The van der Waals surface area contributed by atoms with Crippen LogP contribution in [0.5, 0.6) is 0 Å². The zero-order valence-electron chi connectivity index (χ0n) is 15.5. The van der Waals surface area contributed by atoms with E-state index in [-0.39, 0.29) is 23.5 Å². The van der Waals surface area contributed by atoms with Gasteiger partial charge in [-0.25, -0.2) is 13.4 Å². The standard InChI is InChI=1S/C18H26BrN3O4S/c1-2-3-4-11-27(25,26)13-17(23)22-9-7-14(8-10-22)18(24)21-16-6-5-15(19)12-20-16/h5-6,12,14H,2-4,7-11,13H2,1H3,(H,20,21,24). The fourth-order valence-electron chi connectivity index (χ4n) is 2.99. The Hall–Kier alpha value is -1.48. The Morgan fingerprint density at radius 2 is 1.96 bits per heavy atom. The molecule has 1 saturated heterocycles. The van der Waals surface area contributed by atoms with E-state index >= 15 is 0 Å². The number of nitrogens with zero attached hydrogens (tertiary/aromatic N) is 2. The van der Waals surface area contributed by atoms with E-state index in [1.807, 2.05) is 6.92 Å². The van der Waals surface area contributed by atoms with E-state index in [4.69, 9.17) is 0 Å². The molecule has 1 N–H and O–H groups in total. The molecule has 1 aromatic heterocycles. The van der Waals surface area contributed by atoms with Gasteiger partial charge in [-0.2, -0.15) is 0 Å². The van der Waals surface area contributed by atoms with Crippen LogP contribution in [0.15, 0.2) is 22.8 Å². The third-order valence-electron chi connectivity index (χ3n) is 4.60. The number of nitrogens with one attached hydrogen (secondary N) is 1. The highest BCUT2D eigenvalue weighted by Gasteiger charge is 2.29. The van der Waals surface area contributed by atoms with Gasteiger partial charge in [0.05, 0.1) is 5.75 Å². The lowest BCUT2D eigenvalue weighted by Crippen LogP contribution is -2.43. The van der Waals surface area contributed by atoms with Crippen molar-refractivity contribution in [2.75, 3.05) is 29.9 Å². The van der Waals surface area contributed by atoms with Gasteiger partial charge in [0.2, 0.25) is 11.8 Å². The molecule has 1 fully saturated rings. The minimum atomic E-state index is -3.36. The Morgan fingerprint density at radius 3 is 2.56 bits per heavy atom. The molecular weight excluding hydrogens is 434 g/mol. The average Bonchev–Trinajstić information content (AvgIpc) is 2.63. The number of likely N-dealkylation sites (tertiary alicyclic amines) is 1. The van der Waals surface area contributed by atoms with Gasteiger partial charge >= 0.3 is 0 Å². The second-order valence-electron chi connectivity index (χ2n) is 6.81. The third kappa shape index (κ3) is 7.21. The zero-order chi connectivity index (χ0) is 19.9. The monoisotopic (exact) mass is 459 g/mol. The first-order valence-electron chi connectivity index (χ1n) is 9.21. The minimum absolute atomic E-state index is 0.0612. The van der Waals surface area contributed by atoms with E-state index in [1.54, 1.807) is 23.2 Å². The molecule has 0 aliphatic carbocycles. The van der Waals surface area contributed by atoms with Gasteiger partial charge in [0.1, 0.15) is 11.6 Å². The topological polar surface area (TPSA) is 96.4 Å². The van der Waals surface area contributed by atoms with Gasteiger partial charge in [0.25, 0.3) is 0 Å². The summed E-state index contributed by atoms with van der Waals surface area (Å²) in [6.07, 6.45) is 5.03. The van der Waals surface area contributed by atoms with E-state index < -0.39 is 15.6 Å². The van der Waals surface area contributed by atoms with Crippen LogP contribution in [0.4, 0.5) is 5.82 Å². The molecule has 1 aromatic rings. The maximum Gasteiger partial charge on any atom is 0.237 e. The second kappa shape index (κ2) is 10.2. The average molecular weight is 460 g/mol. The number of sulfone groups is 1. The van der Waals surface area contributed by atoms with E-state index in [0.717, 1.165) is 17.3 Å². The Kier molecular flexibility index (Phi) is 8.22. The Labute approximate surface area is 169 Å². The molecule has 9 heteroatoms. The lowest BCUT2D eigenvalue weighted by atomic mass is 9.96. The van der Waals surface area contributed by atoms with Gasteiger partial charge in [-0.15, -0.1) is 0 Å². The zero-order valence-corrected chi connectivity index (χ0v) is 17.9. The number of unbranched alkanes of at least 4 members (excludes halogenated alkanes) is 2. The fraction of sp³-hybridized carbons (Fsp3) is 0.611. The summed E-state index contributed by atoms with van der Waals surface area (Å²) in [5.74, 6) is -0.577. The molecule has 2 amide bonds. The first kappa shape index (κ1) is 21.8. The fourth-order valence-corrected chi connectivity index (χ4v) is 4.57. The molecule has 0 spiro atoms. The SMILES string of the molecule is CCCCCS(=O)(=O)CC(=O)N1CCC(C(=O)Nc2ccc(Br)cn2)CC1. The summed E-state index contributed by atoms with van der Waals surface area (Å²) in [6, 6.07) is 3.51. The molecule has 1 aliphatic heterocycles. The van der Waals surface area contributed by atoms with E-state index in [0.29, 0.717) is 38.2 Å². The van der Waals surface area contributed by atoms with Gasteiger partial charge in [0, 0.05) is 29.7 Å². The van der Waals surface area contributed by atoms with Crippen molar-refractivity contribution in [3.8, 4) is 0 Å². The molecule has 0 unspecified atom stereocenters. The Balaban J connectivity index is 1.79. The van der Waals surface area contributed by atoms with Crippen LogP contribution in [0.2, 0.25) is 0 Å². The lowest BCUT2D eigenvalue weighted by Gasteiger charge is -2.31. The predicted molar refractivity (Wildman–Crippen MR) is 108 cm³/mol. The summed E-state index contributed by atoms with van der Waals surface area (Å²) in [7, 11) is -3.36. The van der Waals surface area contributed by atoms with Crippen molar-refractivity contribution in [2.24, 2.45) is 5.92 Å². The normalized spacial score (nSPS) is 15.6. The molecule has 0 aromatic carbocycles. The second-order valence-corrected chi connectivity index (χ2v) is 9.90. The summed E-state index contributed by atoms with van der Waals surface area (Å²) in [5.41, 5.74) is 0. The van der Waals surface area contributed by atoms with Crippen molar-refractivity contribution in [1.29, 1.82) is 0 Å². The smallest absolute Gasteiger partial charge is 0.237 e. The molecule has 2 rings (SSSR count). The van der Waals surface area contributed by atoms with Crippen molar-refractivity contribution in [2.45, 2.75) is 39.0 Å². The highest BCUT2D eigenvalue weighted by molar-refractivity contribution is 9.10. The summed E-state index contributed by atoms with van der Waals surface area (Å²) in [4.78, 5) is 30.3. The van der Waals surface area contributed by atoms with Crippen molar-refractivity contribution in [3.63, 3.8) is 0 Å². The van der Waals surface area contributed by atoms with Gasteiger partial charge in [0.15, 0.2) is 9.84 Å². The number of carbonyl (C=O) groups excluding carboxylic acids is 2. The summed E-state index contributed by atoms with van der Waals surface area (Å²) in [6.45, 7) is 2.80. The number of halogens is 1. The van der Waals surface area contributed by atoms with Crippen LogP contribution in [0, 0.1) is 5.92 Å². The molecule has 0 saturated carbocycles. The van der Waals surface area contributed by atoms with E-state index in [2.05, 4.69) is 26.2 Å². The first-order valence-corrected chi connectivity index (χ1v) is 11.8. The third-order valence-corrected chi connectivity index (χ3v) is 6.67. The Bertz CT molecular complexity index is 744. The van der Waals surface area contributed by atoms with Crippen LogP contribution < -0.4 is 5.32 Å². The van der Waals surface area contributed by atoms with E-state index in [1.165, 1.54) is 0 Å². The molecule has 150 valence electrons. The summed E-state index contributed by atoms with van der Waals surface area (Å²) >= 11 is 3.29. The number of aromatic nitrogens is 1. The molecule has 7 nitrogen and oxygen atoms in total. The number of hydrogen-bond donors (Lipinski definition) is 1. The number of rotatable bonds is 8. The molecule has 2 heterocycles. The molecule has 0 atom stereocenters. The van der Waals surface area contributed by atoms with Crippen LogP contribution in [0.3, 0.4) is 0 Å². The number of anilines is 1. The van der Waals surface area contributed by atoms with Crippen LogP contribution in [0.25, 0.3) is 0 Å². The molecule has 0 radical (unpaired) electrons. The molecule has 0 bridgehead atoms. The van der Waals surface area contributed by atoms with E-state index in [9.17, 15) is 18.0 Å². The number of hydrogen-bond acceptors (Lipinski definition) is 5. The first-order chi connectivity index (χ1) is 12.8. The van der Waals surface area contributed by atoms with Gasteiger partial charge in [-0.05, 0) is 47.3 Å². The molecule has 1 aliphatic rings. The Morgan fingerprint density at radius 1 is 1.26 bits per heavy atom. The molecular formula is C18H26BrN3O4S. The minimum Gasteiger partial charge on any atom is -0.342 e. The van der Waals surface area contributed by atoms with Crippen molar-refractivity contribution < 1.29 is 18.0 Å². The van der Waals surface area contributed by atoms with Crippen molar-refractivity contribution in [3.05, 3.63) is 22.8 Å². The highest BCUT2D eigenvalue weighted by atomic mass is 79.9. The van der Waals surface area contributed by atoms with Crippen LogP contribution in [-0.2, 0) is 19.4 Å². The summed E-state index contributed by atoms with van der Waals surface area (Å²) in [5, 5.41) is 2.78. The number of piperidine rings is 1. The predicted octanol–water partition coefficient (Wildman–Crippen LogP) is 2.63. The number of carbonyl (C=O) groups is 2. The van der Waals surface area contributed by atoms with Gasteiger partial charge < -0.3 is 10.2 Å². The quantitative estimate of drug-likeness (QED) is 0.602. The maximum atomic E-state index is 12.3. The lowest BCUT2D eigenvalue weighted by molar-refractivity contribution is -0.132. The number of pyridine rings is 1. The van der Waals surface area contributed by atoms with Crippen LogP contribution >= 0.6 is 15.9 Å². The maximum absolute atomic E-state index is 12.3. The largest absolute Gasteiger partial charge is 0.342 e. The number of amides is 2. The molecule has 27 heavy (non-hydrogen) atoms. The van der Waals surface area contributed by atoms with Crippen LogP contribution in [0.1, 0.15) is 39.0 Å². The van der Waals surface area contributed by atoms with Gasteiger partial charge in [-0.3, -0.25) is 9.59 Å². The highest BCUT2D eigenvalue weighted by Crippen LogP contribution is 2.20. The summed E-state index contributed by atoms with van der Waals surface area (Å²) < 4.78 is 24.9. The van der Waals surface area contributed by atoms with Crippen LogP contribution in [-0.4, -0.2) is 54.7 Å². The van der Waals surface area contributed by atoms with Crippen molar-refractivity contribution >= 4 is 43.4 Å².